The van der Waals surface area contributed by atoms with Crippen LogP contribution in [0.3, 0.4) is 0 Å². The molecule has 1 aliphatic heterocycles. The Hall–Kier alpha value is -1.66. The lowest BCUT2D eigenvalue weighted by Gasteiger charge is -2.25. The van der Waals surface area contributed by atoms with Gasteiger partial charge in [-0.3, -0.25) is 0 Å². The minimum Gasteiger partial charge on any atom is -0.346 e. The average molecular weight is 319 g/mol. The highest BCUT2D eigenvalue weighted by molar-refractivity contribution is 7.89. The van der Waals surface area contributed by atoms with E-state index in [2.05, 4.69) is 9.97 Å². The van der Waals surface area contributed by atoms with Crippen molar-refractivity contribution >= 4 is 26.6 Å². The third kappa shape index (κ3) is 2.94. The molecule has 0 aromatic carbocycles. The molecule has 2 aromatic heterocycles. The van der Waals surface area contributed by atoms with Crippen molar-refractivity contribution in [2.24, 2.45) is 0 Å². The molecule has 0 unspecified atom stereocenters. The molecule has 2 aromatic rings. The summed E-state index contributed by atoms with van der Waals surface area (Å²) >= 11 is 0. The van der Waals surface area contributed by atoms with Crippen LogP contribution in [0.1, 0.15) is 31.7 Å². The molecule has 22 heavy (non-hydrogen) atoms. The molecule has 0 aliphatic carbocycles. The summed E-state index contributed by atoms with van der Waals surface area (Å²) in [6.07, 6.45) is 8.13. The molecule has 1 aliphatic rings. The smallest absolute Gasteiger partial charge is 0.214 e. The second-order valence-corrected chi connectivity index (χ2v) is 7.70. The van der Waals surface area contributed by atoms with Crippen LogP contribution in [0.15, 0.2) is 30.6 Å². The van der Waals surface area contributed by atoms with Gasteiger partial charge in [0, 0.05) is 36.4 Å². The highest BCUT2D eigenvalue weighted by Gasteiger charge is 2.24. The summed E-state index contributed by atoms with van der Waals surface area (Å²) in [6.45, 7) is 3.04. The number of aromatic nitrogens is 2. The van der Waals surface area contributed by atoms with Crippen LogP contribution >= 0.6 is 0 Å². The second kappa shape index (κ2) is 6.22. The van der Waals surface area contributed by atoms with E-state index in [0.29, 0.717) is 13.1 Å². The van der Waals surface area contributed by atoms with E-state index in [-0.39, 0.29) is 5.75 Å². The first-order valence-electron chi connectivity index (χ1n) is 7.71. The number of fused-ring (bicyclic) bond motifs is 1. The van der Waals surface area contributed by atoms with Crippen molar-refractivity contribution in [3.63, 3.8) is 0 Å². The minimum atomic E-state index is -3.11. The average Bonchev–Trinajstić information content (AvgIpc) is 2.97. The van der Waals surface area contributed by atoms with E-state index >= 15 is 0 Å². The Morgan fingerprint density at radius 3 is 3.00 bits per heavy atom. The summed E-state index contributed by atoms with van der Waals surface area (Å²) in [6, 6.07) is 3.96. The van der Waals surface area contributed by atoms with Gasteiger partial charge in [-0.2, -0.15) is 4.31 Å². The zero-order valence-corrected chi connectivity index (χ0v) is 13.6. The lowest BCUT2D eigenvalue weighted by molar-refractivity contribution is 0.440. The summed E-state index contributed by atoms with van der Waals surface area (Å²) in [7, 11) is -3.11. The standard InChI is InChI=1S/C16H21N3O2S/c1-2-3-11-22(20,21)19-9-6-13(7-10-19)15-12-18-16-14(15)5-4-8-17-16/h4-6,8,12H,2-3,7,9-11H2,1H3,(H,17,18). The van der Waals surface area contributed by atoms with Crippen molar-refractivity contribution in [1.82, 2.24) is 14.3 Å². The Kier molecular flexibility index (Phi) is 4.31. The summed E-state index contributed by atoms with van der Waals surface area (Å²) in [5, 5.41) is 1.09. The van der Waals surface area contributed by atoms with Gasteiger partial charge < -0.3 is 4.98 Å². The number of nitrogens with zero attached hydrogens (tertiary/aromatic N) is 2. The maximum Gasteiger partial charge on any atom is 0.214 e. The topological polar surface area (TPSA) is 66.1 Å². The number of nitrogens with one attached hydrogen (secondary N) is 1. The van der Waals surface area contributed by atoms with Crippen LogP contribution in [0.2, 0.25) is 0 Å². The molecular weight excluding hydrogens is 298 g/mol. The highest BCUT2D eigenvalue weighted by atomic mass is 32.2. The second-order valence-electron chi connectivity index (χ2n) is 5.61. The van der Waals surface area contributed by atoms with E-state index in [1.54, 1.807) is 10.5 Å². The van der Waals surface area contributed by atoms with Crippen molar-refractivity contribution in [3.05, 3.63) is 36.2 Å². The van der Waals surface area contributed by atoms with E-state index in [1.807, 2.05) is 31.3 Å². The zero-order chi connectivity index (χ0) is 15.6. The SMILES string of the molecule is CCCCS(=O)(=O)N1CC=C(c2c[nH]c3ncccc23)CC1. The number of rotatable bonds is 5. The van der Waals surface area contributed by atoms with Gasteiger partial charge in [-0.15, -0.1) is 0 Å². The number of pyridine rings is 1. The number of hydrogen-bond donors (Lipinski definition) is 1. The van der Waals surface area contributed by atoms with E-state index in [9.17, 15) is 8.42 Å². The molecule has 0 spiro atoms. The van der Waals surface area contributed by atoms with Crippen LogP contribution in [0.5, 0.6) is 0 Å². The van der Waals surface area contributed by atoms with Crippen LogP contribution < -0.4 is 0 Å². The number of aromatic amines is 1. The van der Waals surface area contributed by atoms with Crippen molar-refractivity contribution in [2.75, 3.05) is 18.8 Å². The third-order valence-electron chi connectivity index (χ3n) is 4.12. The van der Waals surface area contributed by atoms with Gasteiger partial charge in [0.05, 0.1) is 5.75 Å². The van der Waals surface area contributed by atoms with Crippen molar-refractivity contribution in [2.45, 2.75) is 26.2 Å². The van der Waals surface area contributed by atoms with Gasteiger partial charge in [0.2, 0.25) is 10.0 Å². The first kappa shape index (κ1) is 15.2. The summed E-state index contributed by atoms with van der Waals surface area (Å²) < 4.78 is 26.1. The van der Waals surface area contributed by atoms with E-state index in [4.69, 9.17) is 0 Å². The van der Waals surface area contributed by atoms with Crippen LogP contribution in [-0.4, -0.2) is 41.5 Å². The molecule has 0 fully saturated rings. The Morgan fingerprint density at radius 2 is 2.27 bits per heavy atom. The molecule has 0 saturated carbocycles. The molecule has 6 heteroatoms. The van der Waals surface area contributed by atoms with E-state index in [1.165, 1.54) is 5.57 Å². The fourth-order valence-corrected chi connectivity index (χ4v) is 4.41. The predicted octanol–water partition coefficient (Wildman–Crippen LogP) is 2.78. The number of unbranched alkanes of at least 4 members (excludes halogenated alkanes) is 1. The molecule has 0 atom stereocenters. The lowest BCUT2D eigenvalue weighted by atomic mass is 10.0. The van der Waals surface area contributed by atoms with Crippen molar-refractivity contribution < 1.29 is 8.42 Å². The number of sulfonamides is 1. The maximum absolute atomic E-state index is 12.2. The van der Waals surface area contributed by atoms with E-state index < -0.39 is 10.0 Å². The molecule has 118 valence electrons. The van der Waals surface area contributed by atoms with Crippen LogP contribution in [-0.2, 0) is 10.0 Å². The molecular formula is C16H21N3O2S. The van der Waals surface area contributed by atoms with Crippen molar-refractivity contribution in [1.29, 1.82) is 0 Å². The zero-order valence-electron chi connectivity index (χ0n) is 12.7. The van der Waals surface area contributed by atoms with Crippen LogP contribution in [0, 0.1) is 0 Å². The molecule has 0 saturated heterocycles. The fraction of sp³-hybridized carbons (Fsp3) is 0.438. The summed E-state index contributed by atoms with van der Waals surface area (Å²) in [4.78, 5) is 7.47. The van der Waals surface area contributed by atoms with Gasteiger partial charge in [-0.05, 0) is 30.5 Å². The molecule has 3 heterocycles. The first-order valence-corrected chi connectivity index (χ1v) is 9.32. The van der Waals surface area contributed by atoms with Gasteiger partial charge in [0.1, 0.15) is 5.65 Å². The largest absolute Gasteiger partial charge is 0.346 e. The van der Waals surface area contributed by atoms with Crippen LogP contribution in [0.4, 0.5) is 0 Å². The minimum absolute atomic E-state index is 0.254. The molecule has 3 rings (SSSR count). The molecule has 0 amide bonds. The highest BCUT2D eigenvalue weighted by Crippen LogP contribution is 2.29. The van der Waals surface area contributed by atoms with Gasteiger partial charge in [0.15, 0.2) is 0 Å². The molecule has 0 radical (unpaired) electrons. The number of hydrogen-bond acceptors (Lipinski definition) is 3. The van der Waals surface area contributed by atoms with Gasteiger partial charge in [-0.25, -0.2) is 13.4 Å². The Balaban J connectivity index is 1.79. The molecule has 1 N–H and O–H groups in total. The Bertz CT molecular complexity index is 793. The van der Waals surface area contributed by atoms with Gasteiger partial charge in [0.25, 0.3) is 0 Å². The normalized spacial score (nSPS) is 16.9. The Labute approximate surface area is 131 Å². The first-order chi connectivity index (χ1) is 10.6. The number of H-pyrrole nitrogens is 1. The maximum atomic E-state index is 12.2. The van der Waals surface area contributed by atoms with Gasteiger partial charge in [-0.1, -0.05) is 19.4 Å². The third-order valence-corrected chi connectivity index (χ3v) is 6.04. The summed E-state index contributed by atoms with van der Waals surface area (Å²) in [5.74, 6) is 0.254. The Morgan fingerprint density at radius 1 is 1.41 bits per heavy atom. The fourth-order valence-electron chi connectivity index (χ4n) is 2.83. The quantitative estimate of drug-likeness (QED) is 0.921. The van der Waals surface area contributed by atoms with Gasteiger partial charge >= 0.3 is 0 Å². The lowest BCUT2D eigenvalue weighted by Crippen LogP contribution is -2.36. The van der Waals surface area contributed by atoms with Crippen LogP contribution in [0.25, 0.3) is 16.6 Å². The molecule has 0 bridgehead atoms. The van der Waals surface area contributed by atoms with E-state index in [0.717, 1.165) is 35.9 Å². The molecule has 5 nitrogen and oxygen atoms in total. The van der Waals surface area contributed by atoms with Crippen molar-refractivity contribution in [3.8, 4) is 0 Å². The summed E-state index contributed by atoms with van der Waals surface area (Å²) in [5.41, 5.74) is 3.20. The monoisotopic (exact) mass is 319 g/mol. The predicted molar refractivity (Wildman–Crippen MR) is 89.0 cm³/mol.